The molecule has 1 heterocycles. The molecule has 5 heteroatoms. The quantitative estimate of drug-likeness (QED) is 0.913. The van der Waals surface area contributed by atoms with Crippen LogP contribution in [-0.2, 0) is 5.54 Å². The monoisotopic (exact) mass is 277 g/mol. The summed E-state index contributed by atoms with van der Waals surface area (Å²) in [6.07, 6.45) is 4.10. The predicted molar refractivity (Wildman–Crippen MR) is 73.8 cm³/mol. The van der Waals surface area contributed by atoms with Crippen molar-refractivity contribution in [2.45, 2.75) is 38.1 Å². The van der Waals surface area contributed by atoms with Gasteiger partial charge in [-0.15, -0.1) is 0 Å². The maximum atomic E-state index is 6.33. The van der Waals surface area contributed by atoms with Crippen molar-refractivity contribution in [3.05, 3.63) is 34.6 Å². The average molecular weight is 278 g/mol. The van der Waals surface area contributed by atoms with Gasteiger partial charge >= 0.3 is 0 Å². The van der Waals surface area contributed by atoms with E-state index >= 15 is 0 Å². The third kappa shape index (κ3) is 2.26. The van der Waals surface area contributed by atoms with Gasteiger partial charge in [0.1, 0.15) is 0 Å². The number of nitrogens with zero attached hydrogens (tertiary/aromatic N) is 2. The molecule has 100 valence electrons. The number of rotatable bonds is 2. The number of aromatic nitrogens is 2. The summed E-state index contributed by atoms with van der Waals surface area (Å²) >= 11 is 5.95. The maximum absolute atomic E-state index is 6.33. The fraction of sp³-hybridized carbons (Fsp3) is 0.429. The van der Waals surface area contributed by atoms with Gasteiger partial charge in [-0.05, 0) is 43.5 Å². The molecule has 0 saturated heterocycles. The molecule has 0 radical (unpaired) electrons. The second-order valence-electron chi connectivity index (χ2n) is 5.25. The molecule has 1 aromatic carbocycles. The molecule has 1 fully saturated rings. The van der Waals surface area contributed by atoms with Gasteiger partial charge < -0.3 is 10.3 Å². The van der Waals surface area contributed by atoms with Gasteiger partial charge in [0.05, 0.1) is 5.54 Å². The Morgan fingerprint density at radius 3 is 2.74 bits per heavy atom. The highest BCUT2D eigenvalue weighted by Crippen LogP contribution is 2.35. The van der Waals surface area contributed by atoms with Gasteiger partial charge in [-0.3, -0.25) is 0 Å². The van der Waals surface area contributed by atoms with Crippen molar-refractivity contribution in [2.24, 2.45) is 5.73 Å². The van der Waals surface area contributed by atoms with Crippen LogP contribution >= 0.6 is 11.6 Å². The zero-order chi connectivity index (χ0) is 13.5. The van der Waals surface area contributed by atoms with Crippen LogP contribution in [-0.4, -0.2) is 10.1 Å². The minimum Gasteiger partial charge on any atom is -0.334 e. The Morgan fingerprint density at radius 1 is 1.32 bits per heavy atom. The lowest BCUT2D eigenvalue weighted by Gasteiger charge is -2.17. The summed E-state index contributed by atoms with van der Waals surface area (Å²) in [6.45, 7) is 1.97. The molecule has 0 bridgehead atoms. The molecule has 1 saturated carbocycles. The first-order chi connectivity index (χ1) is 9.08. The zero-order valence-electron chi connectivity index (χ0n) is 10.8. The summed E-state index contributed by atoms with van der Waals surface area (Å²) in [6, 6.07) is 5.60. The Bertz CT molecular complexity index is 602. The van der Waals surface area contributed by atoms with E-state index in [1.54, 1.807) is 0 Å². The molecular weight excluding hydrogens is 262 g/mol. The van der Waals surface area contributed by atoms with Crippen LogP contribution in [0.25, 0.3) is 11.5 Å². The highest BCUT2D eigenvalue weighted by Gasteiger charge is 2.36. The summed E-state index contributed by atoms with van der Waals surface area (Å²) in [5.74, 6) is 1.13. The summed E-state index contributed by atoms with van der Waals surface area (Å²) in [5.41, 5.74) is 7.83. The molecule has 4 nitrogen and oxygen atoms in total. The van der Waals surface area contributed by atoms with Crippen molar-refractivity contribution in [1.82, 2.24) is 10.1 Å². The normalized spacial score (nSPS) is 17.8. The Kier molecular flexibility index (Phi) is 3.07. The van der Waals surface area contributed by atoms with Crippen LogP contribution in [0.3, 0.4) is 0 Å². The summed E-state index contributed by atoms with van der Waals surface area (Å²) in [5, 5.41) is 4.77. The Hall–Kier alpha value is -1.39. The fourth-order valence-corrected chi connectivity index (χ4v) is 2.86. The fourth-order valence-electron chi connectivity index (χ4n) is 2.63. The molecule has 0 atom stereocenters. The van der Waals surface area contributed by atoms with E-state index in [4.69, 9.17) is 21.9 Å². The first-order valence-electron chi connectivity index (χ1n) is 6.48. The first-order valence-corrected chi connectivity index (χ1v) is 6.86. The van der Waals surface area contributed by atoms with Crippen LogP contribution in [0.15, 0.2) is 22.7 Å². The third-order valence-electron chi connectivity index (χ3n) is 3.79. The van der Waals surface area contributed by atoms with Crippen molar-refractivity contribution in [3.8, 4) is 11.5 Å². The van der Waals surface area contributed by atoms with Crippen LogP contribution in [0.2, 0.25) is 5.02 Å². The standard InChI is InChI=1S/C14H16ClN3O/c1-9-8-10(15)4-5-11(9)12-17-13(18-19-12)14(16)6-2-3-7-14/h4-5,8H,2-3,6-7,16H2,1H3. The maximum Gasteiger partial charge on any atom is 0.258 e. The molecule has 2 N–H and O–H groups in total. The van der Waals surface area contributed by atoms with Crippen molar-refractivity contribution in [2.75, 3.05) is 0 Å². The predicted octanol–water partition coefficient (Wildman–Crippen LogP) is 3.43. The van der Waals surface area contributed by atoms with Crippen molar-refractivity contribution in [1.29, 1.82) is 0 Å². The van der Waals surface area contributed by atoms with Gasteiger partial charge in [0.15, 0.2) is 5.82 Å². The molecule has 0 aliphatic heterocycles. The SMILES string of the molecule is Cc1cc(Cl)ccc1-c1nc(C2(N)CCCC2)no1. The minimum atomic E-state index is -0.415. The van der Waals surface area contributed by atoms with Gasteiger partial charge in [-0.1, -0.05) is 29.6 Å². The molecule has 0 amide bonds. The van der Waals surface area contributed by atoms with Crippen LogP contribution in [0.1, 0.15) is 37.1 Å². The van der Waals surface area contributed by atoms with Gasteiger partial charge in [0.2, 0.25) is 0 Å². The van der Waals surface area contributed by atoms with Crippen molar-refractivity contribution >= 4 is 11.6 Å². The lowest BCUT2D eigenvalue weighted by molar-refractivity contribution is 0.372. The minimum absolute atomic E-state index is 0.415. The number of nitrogens with two attached hydrogens (primary N) is 1. The molecular formula is C14H16ClN3O. The Balaban J connectivity index is 1.97. The number of aryl methyl sites for hydroxylation is 1. The first kappa shape index (κ1) is 12.6. The van der Waals surface area contributed by atoms with Crippen LogP contribution in [0.5, 0.6) is 0 Å². The highest BCUT2D eigenvalue weighted by molar-refractivity contribution is 6.30. The molecule has 3 rings (SSSR count). The lowest BCUT2D eigenvalue weighted by atomic mass is 9.98. The smallest absolute Gasteiger partial charge is 0.258 e. The Labute approximate surface area is 117 Å². The Morgan fingerprint density at radius 2 is 2.05 bits per heavy atom. The molecule has 0 spiro atoms. The second kappa shape index (κ2) is 4.62. The molecule has 19 heavy (non-hydrogen) atoms. The number of hydrogen-bond acceptors (Lipinski definition) is 4. The van der Waals surface area contributed by atoms with E-state index in [2.05, 4.69) is 10.1 Å². The van der Waals surface area contributed by atoms with E-state index in [-0.39, 0.29) is 0 Å². The second-order valence-corrected chi connectivity index (χ2v) is 5.68. The number of hydrogen-bond donors (Lipinski definition) is 1. The molecule has 1 aliphatic carbocycles. The summed E-state index contributed by atoms with van der Waals surface area (Å²) < 4.78 is 5.36. The molecule has 1 aromatic heterocycles. The van der Waals surface area contributed by atoms with Gasteiger partial charge in [0, 0.05) is 10.6 Å². The summed E-state index contributed by atoms with van der Waals surface area (Å²) in [7, 11) is 0. The average Bonchev–Trinajstić information content (AvgIpc) is 2.99. The summed E-state index contributed by atoms with van der Waals surface area (Å²) in [4.78, 5) is 4.48. The van der Waals surface area contributed by atoms with Gasteiger partial charge in [-0.2, -0.15) is 4.98 Å². The highest BCUT2D eigenvalue weighted by atomic mass is 35.5. The van der Waals surface area contributed by atoms with Gasteiger partial charge in [-0.25, -0.2) is 0 Å². The van der Waals surface area contributed by atoms with E-state index in [9.17, 15) is 0 Å². The topological polar surface area (TPSA) is 64.9 Å². The van der Waals surface area contributed by atoms with Gasteiger partial charge in [0.25, 0.3) is 5.89 Å². The van der Waals surface area contributed by atoms with E-state index < -0.39 is 5.54 Å². The molecule has 1 aliphatic rings. The van der Waals surface area contributed by atoms with E-state index in [0.717, 1.165) is 36.8 Å². The van der Waals surface area contributed by atoms with E-state index in [0.29, 0.717) is 16.7 Å². The van der Waals surface area contributed by atoms with E-state index in [1.165, 1.54) is 0 Å². The number of halogens is 1. The van der Waals surface area contributed by atoms with Crippen molar-refractivity contribution < 1.29 is 4.52 Å². The molecule has 0 unspecified atom stereocenters. The largest absolute Gasteiger partial charge is 0.334 e. The number of benzene rings is 1. The van der Waals surface area contributed by atoms with E-state index in [1.807, 2.05) is 25.1 Å². The van der Waals surface area contributed by atoms with Crippen LogP contribution < -0.4 is 5.73 Å². The lowest BCUT2D eigenvalue weighted by Crippen LogP contribution is -2.34. The zero-order valence-corrected chi connectivity index (χ0v) is 11.6. The van der Waals surface area contributed by atoms with Crippen molar-refractivity contribution in [3.63, 3.8) is 0 Å². The van der Waals surface area contributed by atoms with Crippen LogP contribution in [0.4, 0.5) is 0 Å². The molecule has 2 aromatic rings. The third-order valence-corrected chi connectivity index (χ3v) is 4.02. The van der Waals surface area contributed by atoms with Crippen LogP contribution in [0, 0.1) is 6.92 Å².